The number of nitrogens with one attached hydrogen (secondary N) is 1. The molecule has 2 aromatic carbocycles. The van der Waals surface area contributed by atoms with E-state index >= 15 is 0 Å². The van der Waals surface area contributed by atoms with E-state index in [4.69, 9.17) is 32.5 Å². The monoisotopic (exact) mass is 391 g/mol. The van der Waals surface area contributed by atoms with Gasteiger partial charge in [0, 0.05) is 10.6 Å². The first kappa shape index (κ1) is 18.2. The topological polar surface area (TPSA) is 77.2 Å². The molecule has 0 fully saturated rings. The summed E-state index contributed by atoms with van der Waals surface area (Å²) in [6.45, 7) is 1.90. The maximum absolute atomic E-state index is 11.9. The summed E-state index contributed by atoms with van der Waals surface area (Å²) in [5, 5.41) is 7.40. The van der Waals surface area contributed by atoms with Crippen LogP contribution in [0, 0.1) is 6.92 Å². The van der Waals surface area contributed by atoms with Crippen LogP contribution < -0.4 is 10.1 Å². The van der Waals surface area contributed by atoms with Crippen LogP contribution in [-0.4, -0.2) is 22.7 Å². The summed E-state index contributed by atoms with van der Waals surface area (Å²) >= 11 is 11.8. The van der Waals surface area contributed by atoms with E-state index in [1.54, 1.807) is 18.2 Å². The molecule has 0 saturated carbocycles. The second-order valence-electron chi connectivity index (χ2n) is 5.52. The van der Waals surface area contributed by atoms with Gasteiger partial charge in [-0.1, -0.05) is 52.1 Å². The molecule has 1 amide bonds. The third-order valence-corrected chi connectivity index (χ3v) is 3.96. The normalized spacial score (nSPS) is 10.6. The van der Waals surface area contributed by atoms with Crippen molar-refractivity contribution in [2.75, 3.05) is 6.61 Å². The van der Waals surface area contributed by atoms with Crippen molar-refractivity contribution in [3.63, 3.8) is 0 Å². The minimum absolute atomic E-state index is 0.107. The smallest absolute Gasteiger partial charge is 0.258 e. The maximum Gasteiger partial charge on any atom is 0.258 e. The highest BCUT2D eigenvalue weighted by atomic mass is 35.5. The number of hydrogen-bond donors (Lipinski definition) is 1. The molecule has 8 heteroatoms. The fourth-order valence-corrected chi connectivity index (χ4v) is 2.65. The van der Waals surface area contributed by atoms with Crippen molar-refractivity contribution >= 4 is 29.1 Å². The lowest BCUT2D eigenvalue weighted by Crippen LogP contribution is -2.28. The number of amides is 1. The zero-order valence-corrected chi connectivity index (χ0v) is 15.3. The van der Waals surface area contributed by atoms with Gasteiger partial charge in [-0.25, -0.2) is 0 Å². The number of rotatable bonds is 6. The standard InChI is InChI=1S/C18H15Cl2N3O3/c1-11-3-2-4-12(7-11)18-22-17(26-23-18)9-21-16(24)10-25-15-6-5-13(19)8-14(15)20/h2-8H,9-10H2,1H3,(H,21,24). The Morgan fingerprint density at radius 2 is 2.08 bits per heavy atom. The molecule has 1 N–H and O–H groups in total. The molecule has 1 aromatic heterocycles. The van der Waals surface area contributed by atoms with Crippen LogP contribution in [0.15, 0.2) is 47.0 Å². The number of benzene rings is 2. The van der Waals surface area contributed by atoms with Gasteiger partial charge in [0.05, 0.1) is 11.6 Å². The molecule has 0 saturated heterocycles. The van der Waals surface area contributed by atoms with Crippen LogP contribution in [-0.2, 0) is 11.3 Å². The summed E-state index contributed by atoms with van der Waals surface area (Å²) in [7, 11) is 0. The van der Waals surface area contributed by atoms with E-state index in [9.17, 15) is 4.79 Å². The maximum atomic E-state index is 11.9. The van der Waals surface area contributed by atoms with Gasteiger partial charge < -0.3 is 14.6 Å². The summed E-state index contributed by atoms with van der Waals surface area (Å²) in [6.07, 6.45) is 0. The summed E-state index contributed by atoms with van der Waals surface area (Å²) < 4.78 is 10.5. The first-order chi connectivity index (χ1) is 12.5. The fourth-order valence-electron chi connectivity index (χ4n) is 2.19. The largest absolute Gasteiger partial charge is 0.482 e. The Morgan fingerprint density at radius 3 is 2.85 bits per heavy atom. The molecule has 0 radical (unpaired) electrons. The predicted octanol–water partition coefficient (Wildman–Crippen LogP) is 4.05. The molecule has 0 aliphatic rings. The lowest BCUT2D eigenvalue weighted by atomic mass is 10.1. The number of aryl methyl sites for hydroxylation is 1. The van der Waals surface area contributed by atoms with Crippen molar-refractivity contribution in [1.29, 1.82) is 0 Å². The van der Waals surface area contributed by atoms with Gasteiger partial charge in [-0.3, -0.25) is 4.79 Å². The van der Waals surface area contributed by atoms with Gasteiger partial charge in [0.2, 0.25) is 11.7 Å². The summed E-state index contributed by atoms with van der Waals surface area (Å²) in [5.41, 5.74) is 1.95. The molecule has 6 nitrogen and oxygen atoms in total. The number of carbonyl (C=O) groups is 1. The summed E-state index contributed by atoms with van der Waals surface area (Å²) in [5.74, 6) is 0.818. The van der Waals surface area contributed by atoms with Gasteiger partial charge in [-0.2, -0.15) is 4.98 Å². The van der Waals surface area contributed by atoms with Crippen LogP contribution in [0.2, 0.25) is 10.0 Å². The van der Waals surface area contributed by atoms with E-state index in [0.717, 1.165) is 11.1 Å². The Bertz CT molecular complexity index is 928. The Labute approximate surface area is 160 Å². The van der Waals surface area contributed by atoms with E-state index in [-0.39, 0.29) is 19.1 Å². The Hall–Kier alpha value is -2.57. The van der Waals surface area contributed by atoms with E-state index in [0.29, 0.717) is 27.5 Å². The molecule has 0 unspecified atom stereocenters. The molecule has 0 bridgehead atoms. The lowest BCUT2D eigenvalue weighted by Gasteiger charge is -2.07. The predicted molar refractivity (Wildman–Crippen MR) is 98.3 cm³/mol. The van der Waals surface area contributed by atoms with Crippen LogP contribution in [0.3, 0.4) is 0 Å². The van der Waals surface area contributed by atoms with Crippen LogP contribution in [0.5, 0.6) is 5.75 Å². The zero-order valence-electron chi connectivity index (χ0n) is 13.8. The highest BCUT2D eigenvalue weighted by Crippen LogP contribution is 2.27. The van der Waals surface area contributed by atoms with Crippen LogP contribution >= 0.6 is 23.2 Å². The SMILES string of the molecule is Cc1cccc(-c2noc(CNC(=O)COc3ccc(Cl)cc3Cl)n2)c1. The number of carbonyl (C=O) groups excluding carboxylic acids is 1. The van der Waals surface area contributed by atoms with E-state index in [1.165, 1.54) is 0 Å². The summed E-state index contributed by atoms with van der Waals surface area (Å²) in [6, 6.07) is 12.5. The van der Waals surface area contributed by atoms with Crippen molar-refractivity contribution < 1.29 is 14.1 Å². The highest BCUT2D eigenvalue weighted by molar-refractivity contribution is 6.35. The first-order valence-electron chi connectivity index (χ1n) is 7.75. The third kappa shape index (κ3) is 4.74. The van der Waals surface area contributed by atoms with Gasteiger partial charge in [0.15, 0.2) is 6.61 Å². The van der Waals surface area contributed by atoms with Gasteiger partial charge >= 0.3 is 0 Å². The molecule has 1 heterocycles. The molecule has 134 valence electrons. The average Bonchev–Trinajstić information content (AvgIpc) is 3.08. The second-order valence-corrected chi connectivity index (χ2v) is 6.36. The van der Waals surface area contributed by atoms with Crippen molar-refractivity contribution in [3.05, 3.63) is 64.0 Å². The van der Waals surface area contributed by atoms with Crippen molar-refractivity contribution in [3.8, 4) is 17.1 Å². The molecule has 26 heavy (non-hydrogen) atoms. The summed E-state index contributed by atoms with van der Waals surface area (Å²) in [4.78, 5) is 16.2. The first-order valence-corrected chi connectivity index (χ1v) is 8.51. The van der Waals surface area contributed by atoms with E-state index in [1.807, 2.05) is 31.2 Å². The third-order valence-electron chi connectivity index (χ3n) is 3.43. The van der Waals surface area contributed by atoms with Gasteiger partial charge in [-0.15, -0.1) is 0 Å². The molecule has 0 aliphatic carbocycles. The van der Waals surface area contributed by atoms with Gasteiger partial charge in [-0.05, 0) is 31.2 Å². The van der Waals surface area contributed by atoms with Crippen LogP contribution in [0.25, 0.3) is 11.4 Å². The van der Waals surface area contributed by atoms with E-state index in [2.05, 4.69) is 15.5 Å². The number of aromatic nitrogens is 2. The molecule has 0 aliphatic heterocycles. The number of nitrogens with zero attached hydrogens (tertiary/aromatic N) is 2. The minimum Gasteiger partial charge on any atom is -0.482 e. The van der Waals surface area contributed by atoms with E-state index < -0.39 is 0 Å². The molecular weight excluding hydrogens is 377 g/mol. The molecule has 0 spiro atoms. The van der Waals surface area contributed by atoms with Gasteiger partial charge in [0.25, 0.3) is 5.91 Å². The average molecular weight is 392 g/mol. The number of halogens is 2. The number of hydrogen-bond acceptors (Lipinski definition) is 5. The van der Waals surface area contributed by atoms with Crippen LogP contribution in [0.4, 0.5) is 0 Å². The van der Waals surface area contributed by atoms with Crippen molar-refractivity contribution in [2.45, 2.75) is 13.5 Å². The Morgan fingerprint density at radius 1 is 1.23 bits per heavy atom. The fraction of sp³-hybridized carbons (Fsp3) is 0.167. The second kappa shape index (κ2) is 8.21. The number of ether oxygens (including phenoxy) is 1. The zero-order chi connectivity index (χ0) is 18.5. The Balaban J connectivity index is 1.52. The molecular formula is C18H15Cl2N3O3. The Kier molecular flexibility index (Phi) is 5.75. The molecule has 3 aromatic rings. The highest BCUT2D eigenvalue weighted by Gasteiger charge is 2.11. The minimum atomic E-state index is -0.341. The van der Waals surface area contributed by atoms with Crippen molar-refractivity contribution in [2.24, 2.45) is 0 Å². The van der Waals surface area contributed by atoms with Crippen LogP contribution in [0.1, 0.15) is 11.5 Å². The quantitative estimate of drug-likeness (QED) is 0.685. The molecule has 3 rings (SSSR count). The van der Waals surface area contributed by atoms with Crippen molar-refractivity contribution in [1.82, 2.24) is 15.5 Å². The van der Waals surface area contributed by atoms with Gasteiger partial charge in [0.1, 0.15) is 5.75 Å². The molecule has 0 atom stereocenters. The lowest BCUT2D eigenvalue weighted by molar-refractivity contribution is -0.123.